The molecule has 1 atom stereocenters. The van der Waals surface area contributed by atoms with Crippen molar-refractivity contribution in [3.63, 3.8) is 0 Å². The molecular formula is C12H16N4O. The molecule has 0 fully saturated rings. The first-order valence-electron chi connectivity index (χ1n) is 5.63. The van der Waals surface area contributed by atoms with E-state index in [1.807, 2.05) is 37.3 Å². The van der Waals surface area contributed by atoms with Gasteiger partial charge < -0.3 is 5.32 Å². The van der Waals surface area contributed by atoms with E-state index in [4.69, 9.17) is 5.53 Å². The Morgan fingerprint density at radius 1 is 1.47 bits per heavy atom. The first-order chi connectivity index (χ1) is 8.29. The van der Waals surface area contributed by atoms with Gasteiger partial charge in [0.25, 0.3) is 0 Å². The van der Waals surface area contributed by atoms with Gasteiger partial charge in [-0.25, -0.2) is 0 Å². The van der Waals surface area contributed by atoms with Crippen molar-refractivity contribution >= 4 is 5.91 Å². The molecule has 5 nitrogen and oxygen atoms in total. The van der Waals surface area contributed by atoms with Crippen LogP contribution >= 0.6 is 0 Å². The summed E-state index contributed by atoms with van der Waals surface area (Å²) in [6.45, 7) is 2.64. The van der Waals surface area contributed by atoms with Gasteiger partial charge in [-0.2, -0.15) is 0 Å². The summed E-state index contributed by atoms with van der Waals surface area (Å²) in [4.78, 5) is 14.5. The van der Waals surface area contributed by atoms with Crippen molar-refractivity contribution in [2.24, 2.45) is 5.11 Å². The van der Waals surface area contributed by atoms with Gasteiger partial charge in [-0.05, 0) is 17.5 Å². The third-order valence-electron chi connectivity index (χ3n) is 2.50. The molecule has 1 N–H and O–H groups in total. The van der Waals surface area contributed by atoms with Crippen molar-refractivity contribution in [1.82, 2.24) is 5.32 Å². The zero-order valence-corrected chi connectivity index (χ0v) is 9.84. The summed E-state index contributed by atoms with van der Waals surface area (Å²) < 4.78 is 0. The Morgan fingerprint density at radius 2 is 2.18 bits per heavy atom. The molecule has 90 valence electrons. The Hall–Kier alpha value is -2.00. The van der Waals surface area contributed by atoms with E-state index in [1.54, 1.807) is 0 Å². The number of benzene rings is 1. The second kappa shape index (κ2) is 7.30. The molecule has 0 aromatic heterocycles. The summed E-state index contributed by atoms with van der Waals surface area (Å²) >= 11 is 0. The number of carbonyl (C=O) groups is 1. The van der Waals surface area contributed by atoms with E-state index < -0.39 is 0 Å². The molecule has 1 amide bonds. The number of azide groups is 1. The van der Waals surface area contributed by atoms with E-state index in [0.717, 1.165) is 12.0 Å². The van der Waals surface area contributed by atoms with Crippen LogP contribution in [0.4, 0.5) is 0 Å². The predicted molar refractivity (Wildman–Crippen MR) is 66.5 cm³/mol. The summed E-state index contributed by atoms with van der Waals surface area (Å²) in [6.07, 6.45) is 0.747. The molecule has 0 aliphatic carbocycles. The van der Waals surface area contributed by atoms with Gasteiger partial charge in [0.2, 0.25) is 5.91 Å². The Bertz CT molecular complexity index is 398. The Morgan fingerprint density at radius 3 is 2.76 bits per heavy atom. The van der Waals surface area contributed by atoms with E-state index in [0.29, 0.717) is 6.54 Å². The number of hydrogen-bond donors (Lipinski definition) is 1. The highest BCUT2D eigenvalue weighted by atomic mass is 16.1. The van der Waals surface area contributed by atoms with Gasteiger partial charge in [0.15, 0.2) is 0 Å². The first kappa shape index (κ1) is 13.1. The summed E-state index contributed by atoms with van der Waals surface area (Å²) in [7, 11) is 0. The lowest BCUT2D eigenvalue weighted by Gasteiger charge is -2.14. The van der Waals surface area contributed by atoms with Crippen molar-refractivity contribution < 1.29 is 4.79 Å². The van der Waals surface area contributed by atoms with E-state index in [-0.39, 0.29) is 18.4 Å². The average Bonchev–Trinajstić information content (AvgIpc) is 2.37. The standard InChI is InChI=1S/C12H16N4O/c1-2-11(10-6-4-3-5-7-10)12(17)14-8-9-15-16-13/h3-7,11H,2,8-9H2,1H3,(H,14,17). The summed E-state index contributed by atoms with van der Waals surface area (Å²) in [5.41, 5.74) is 9.12. The summed E-state index contributed by atoms with van der Waals surface area (Å²) in [6, 6.07) is 9.66. The molecule has 0 spiro atoms. The van der Waals surface area contributed by atoms with Gasteiger partial charge in [-0.15, -0.1) is 0 Å². The van der Waals surface area contributed by atoms with Gasteiger partial charge in [0.1, 0.15) is 0 Å². The normalized spacial score (nSPS) is 11.4. The maximum absolute atomic E-state index is 11.9. The highest BCUT2D eigenvalue weighted by Gasteiger charge is 2.17. The van der Waals surface area contributed by atoms with Gasteiger partial charge in [-0.1, -0.05) is 42.4 Å². The summed E-state index contributed by atoms with van der Waals surface area (Å²) in [5, 5.41) is 6.13. The Kier molecular flexibility index (Phi) is 5.61. The fraction of sp³-hybridized carbons (Fsp3) is 0.417. The van der Waals surface area contributed by atoms with Crippen molar-refractivity contribution in [3.8, 4) is 0 Å². The van der Waals surface area contributed by atoms with Crippen molar-refractivity contribution in [2.75, 3.05) is 13.1 Å². The molecule has 0 saturated carbocycles. The minimum absolute atomic E-state index is 0.0214. The number of carbonyl (C=O) groups excluding carboxylic acids is 1. The molecule has 1 aromatic carbocycles. The second-order valence-corrected chi connectivity index (χ2v) is 3.62. The molecule has 5 heteroatoms. The molecular weight excluding hydrogens is 216 g/mol. The average molecular weight is 232 g/mol. The fourth-order valence-electron chi connectivity index (χ4n) is 1.65. The third kappa shape index (κ3) is 4.17. The smallest absolute Gasteiger partial charge is 0.227 e. The lowest BCUT2D eigenvalue weighted by Crippen LogP contribution is -2.31. The van der Waals surface area contributed by atoms with Crippen LogP contribution < -0.4 is 5.32 Å². The number of hydrogen-bond acceptors (Lipinski definition) is 2. The SMILES string of the molecule is CCC(C(=O)NCCN=[N+]=[N-])c1ccccc1. The molecule has 0 bridgehead atoms. The van der Waals surface area contributed by atoms with Gasteiger partial charge >= 0.3 is 0 Å². The monoisotopic (exact) mass is 232 g/mol. The zero-order valence-electron chi connectivity index (χ0n) is 9.84. The molecule has 0 radical (unpaired) electrons. The van der Waals surface area contributed by atoms with Gasteiger partial charge in [-0.3, -0.25) is 4.79 Å². The maximum atomic E-state index is 11.9. The predicted octanol–water partition coefficient (Wildman–Crippen LogP) is 2.61. The number of rotatable bonds is 6. The minimum atomic E-state index is -0.137. The van der Waals surface area contributed by atoms with E-state index in [9.17, 15) is 4.79 Å². The molecule has 0 aliphatic rings. The molecule has 0 aliphatic heterocycles. The van der Waals surface area contributed by atoms with Crippen molar-refractivity contribution in [1.29, 1.82) is 0 Å². The van der Waals surface area contributed by atoms with Crippen LogP contribution in [0.25, 0.3) is 10.4 Å². The van der Waals surface area contributed by atoms with Crippen LogP contribution in [-0.4, -0.2) is 19.0 Å². The minimum Gasteiger partial charge on any atom is -0.355 e. The van der Waals surface area contributed by atoms with Crippen LogP contribution in [0.5, 0.6) is 0 Å². The van der Waals surface area contributed by atoms with Gasteiger partial charge in [0, 0.05) is 18.0 Å². The van der Waals surface area contributed by atoms with Gasteiger partial charge in [0.05, 0.1) is 5.92 Å². The first-order valence-corrected chi connectivity index (χ1v) is 5.63. The lowest BCUT2D eigenvalue weighted by atomic mass is 9.96. The van der Waals surface area contributed by atoms with Crippen LogP contribution in [-0.2, 0) is 4.79 Å². The second-order valence-electron chi connectivity index (χ2n) is 3.62. The topological polar surface area (TPSA) is 77.9 Å². The molecule has 0 heterocycles. The van der Waals surface area contributed by atoms with E-state index in [1.165, 1.54) is 0 Å². The quantitative estimate of drug-likeness (QED) is 0.348. The largest absolute Gasteiger partial charge is 0.355 e. The Balaban J connectivity index is 2.56. The molecule has 0 saturated heterocycles. The lowest BCUT2D eigenvalue weighted by molar-refractivity contribution is -0.122. The molecule has 1 unspecified atom stereocenters. The zero-order chi connectivity index (χ0) is 12.5. The number of amides is 1. The van der Waals surface area contributed by atoms with Crippen LogP contribution in [0.2, 0.25) is 0 Å². The van der Waals surface area contributed by atoms with E-state index >= 15 is 0 Å². The highest BCUT2D eigenvalue weighted by Crippen LogP contribution is 2.18. The van der Waals surface area contributed by atoms with Crippen molar-refractivity contribution in [3.05, 3.63) is 46.3 Å². The summed E-state index contributed by atoms with van der Waals surface area (Å²) in [5.74, 6) is -0.158. The maximum Gasteiger partial charge on any atom is 0.227 e. The molecule has 17 heavy (non-hydrogen) atoms. The van der Waals surface area contributed by atoms with E-state index in [2.05, 4.69) is 15.3 Å². The van der Waals surface area contributed by atoms with Crippen molar-refractivity contribution in [2.45, 2.75) is 19.3 Å². The van der Waals surface area contributed by atoms with Crippen LogP contribution in [0.1, 0.15) is 24.8 Å². The fourth-order valence-corrected chi connectivity index (χ4v) is 1.65. The molecule has 1 aromatic rings. The molecule has 1 rings (SSSR count). The third-order valence-corrected chi connectivity index (χ3v) is 2.50. The number of nitrogens with one attached hydrogen (secondary N) is 1. The van der Waals surface area contributed by atoms with Crippen LogP contribution in [0, 0.1) is 0 Å². The van der Waals surface area contributed by atoms with Crippen LogP contribution in [0.15, 0.2) is 35.4 Å². The van der Waals surface area contributed by atoms with Crippen LogP contribution in [0.3, 0.4) is 0 Å². The highest BCUT2D eigenvalue weighted by molar-refractivity contribution is 5.83. The Labute approximate surface area is 100 Å². The number of nitrogens with zero attached hydrogens (tertiary/aromatic N) is 3.